The summed E-state index contributed by atoms with van der Waals surface area (Å²) >= 11 is 1.20. The van der Waals surface area contributed by atoms with E-state index in [0.29, 0.717) is 4.88 Å². The molecule has 1 saturated heterocycles. The van der Waals surface area contributed by atoms with Crippen LogP contribution in [0, 0.1) is 105 Å². The van der Waals surface area contributed by atoms with Crippen LogP contribution in [-0.4, -0.2) is 104 Å². The quantitative estimate of drug-likeness (QED) is 0.165. The van der Waals surface area contributed by atoms with Crippen molar-refractivity contribution in [1.82, 2.24) is 5.32 Å². The number of ketones is 1. The van der Waals surface area contributed by atoms with E-state index in [0.717, 1.165) is 6.92 Å². The van der Waals surface area contributed by atoms with E-state index in [2.05, 4.69) is 5.32 Å². The van der Waals surface area contributed by atoms with Crippen molar-refractivity contribution in [2.45, 2.75) is 108 Å². The number of hydrogen-bond donors (Lipinski definition) is 6. The van der Waals surface area contributed by atoms with Crippen LogP contribution in [0.15, 0.2) is 28.7 Å². The maximum atomic E-state index is 14.3. The Labute approximate surface area is 348 Å². The number of carbonyl (C=O) groups excluding carboxylic acids is 4. The molecule has 16 heteroatoms. The number of ether oxygens (including phenoxy) is 3. The van der Waals surface area contributed by atoms with Gasteiger partial charge in [-0.25, -0.2) is 4.79 Å². The number of rotatable bonds is 6. The van der Waals surface area contributed by atoms with Crippen molar-refractivity contribution in [3.63, 3.8) is 0 Å². The minimum atomic E-state index is -2.20. The topological polar surface area (TPSA) is 209 Å². The monoisotopic (exact) mass is 1110 g/mol. The Morgan fingerprint density at radius 1 is 1.11 bits per heavy atom. The first-order valence-electron chi connectivity index (χ1n) is 14.9. The third-order valence-corrected chi connectivity index (χ3v) is 11.6. The van der Waals surface area contributed by atoms with Gasteiger partial charge in [-0.3, -0.25) is 14.4 Å². The van der Waals surface area contributed by atoms with Gasteiger partial charge < -0.3 is 45.1 Å². The third kappa shape index (κ3) is 6.56. The van der Waals surface area contributed by atoms with Gasteiger partial charge in [0.2, 0.25) is 5.91 Å². The first kappa shape index (κ1) is 41.6. The molecule has 5 rings (SSSR count). The summed E-state index contributed by atoms with van der Waals surface area (Å²) in [6.45, 7) is 8.06. The minimum absolute atomic E-state index is 0. The van der Waals surface area contributed by atoms with Gasteiger partial charge in [0.25, 0.3) is 0 Å². The van der Waals surface area contributed by atoms with Crippen molar-refractivity contribution in [2.75, 3.05) is 6.61 Å². The summed E-state index contributed by atoms with van der Waals surface area (Å²) in [6.07, 6.45) is -9.72. The zero-order valence-electron chi connectivity index (χ0n) is 27.1. The van der Waals surface area contributed by atoms with Gasteiger partial charge in [-0.1, -0.05) is 19.9 Å². The molecule has 47 heavy (non-hydrogen) atoms. The van der Waals surface area contributed by atoms with Gasteiger partial charge in [0.15, 0.2) is 11.9 Å². The van der Waals surface area contributed by atoms with E-state index >= 15 is 0 Å². The Morgan fingerprint density at radius 3 is 2.26 bits per heavy atom. The molecule has 254 valence electrons. The summed E-state index contributed by atoms with van der Waals surface area (Å²) in [5.41, 5.74) is -7.21. The summed E-state index contributed by atoms with van der Waals surface area (Å²) in [7, 11) is 0. The van der Waals surface area contributed by atoms with E-state index in [4.69, 9.17) is 14.2 Å². The van der Waals surface area contributed by atoms with E-state index < -0.39 is 101 Å². The Morgan fingerprint density at radius 2 is 1.74 bits per heavy atom. The van der Waals surface area contributed by atoms with Crippen LogP contribution in [0.1, 0.15) is 65.3 Å². The summed E-state index contributed by atoms with van der Waals surface area (Å²) in [5, 5.41) is 63.1. The second-order valence-electron chi connectivity index (χ2n) is 13.5. The van der Waals surface area contributed by atoms with Gasteiger partial charge in [0, 0.05) is 131 Å². The first-order valence-corrected chi connectivity index (χ1v) is 15.7. The SMILES string of the molecule is CC(=O)N[C@@H](c1cccs1)[C@@H](O)C(=O)O[C@H]1C[C@@]2(O)[C@@H](OC(C)=O)[C@@H]3[C@]4(O)CO[C@@H]4C[C@H](O)[C@@]3(C)C(=O)[C@H](O)C(=C1C)C2(C)C.[Ac].[Ac]. The first-order chi connectivity index (χ1) is 20.8. The molecule has 1 aromatic heterocycles. The van der Waals surface area contributed by atoms with Gasteiger partial charge in [-0.15, -0.1) is 11.3 Å². The van der Waals surface area contributed by atoms with Crippen molar-refractivity contribution in [3.8, 4) is 0 Å². The molecule has 2 saturated carbocycles. The van der Waals surface area contributed by atoms with Crippen LogP contribution in [0.2, 0.25) is 0 Å². The van der Waals surface area contributed by atoms with E-state index in [1.807, 2.05) is 0 Å². The normalized spacial score (nSPS) is 38.3. The van der Waals surface area contributed by atoms with Crippen molar-refractivity contribution in [1.29, 1.82) is 0 Å². The van der Waals surface area contributed by atoms with Crippen molar-refractivity contribution < 1.29 is 147 Å². The summed E-state index contributed by atoms with van der Waals surface area (Å²) in [6, 6.07) is 2.16. The van der Waals surface area contributed by atoms with E-state index in [1.54, 1.807) is 31.4 Å². The Balaban J connectivity index is 0.00000300. The fourth-order valence-electron chi connectivity index (χ4n) is 8.14. The fourth-order valence-corrected chi connectivity index (χ4v) is 8.94. The molecule has 11 atom stereocenters. The predicted molar refractivity (Wildman–Crippen MR) is 156 cm³/mol. The largest absolute Gasteiger partial charge is 0.459 e. The molecular formula is C31H41Ac2NO12S. The van der Waals surface area contributed by atoms with Crippen LogP contribution in [-0.2, 0) is 33.4 Å². The third-order valence-electron chi connectivity index (χ3n) is 10.7. The molecule has 3 fully saturated rings. The molecule has 0 spiro atoms. The molecule has 13 nitrogen and oxygen atoms in total. The molecule has 0 aromatic carbocycles. The van der Waals surface area contributed by atoms with Gasteiger partial charge in [-0.05, 0) is 36.4 Å². The minimum Gasteiger partial charge on any atom is -0.459 e. The van der Waals surface area contributed by atoms with Crippen LogP contribution < -0.4 is 5.32 Å². The van der Waals surface area contributed by atoms with Gasteiger partial charge >= 0.3 is 11.9 Å². The second kappa shape index (κ2) is 14.7. The number of Topliss-reactive ketones (excluding diaryl/α,β-unsaturated/α-hetero) is 1. The summed E-state index contributed by atoms with van der Waals surface area (Å²) < 4.78 is 17.1. The number of thiophene rings is 1. The fraction of sp³-hybridized carbons (Fsp3) is 0.677. The molecule has 2 radical (unpaired) electrons. The van der Waals surface area contributed by atoms with Gasteiger partial charge in [-0.2, -0.15) is 0 Å². The molecule has 4 aliphatic rings. The molecule has 1 aliphatic heterocycles. The maximum Gasteiger partial charge on any atom is 0.338 e. The Bertz CT molecular complexity index is 1440. The number of nitrogens with one attached hydrogen (secondary N) is 1. The molecule has 0 unspecified atom stereocenters. The van der Waals surface area contributed by atoms with E-state index in [-0.39, 0.29) is 112 Å². The number of esters is 2. The number of aliphatic hydroxyl groups is 5. The second-order valence-corrected chi connectivity index (χ2v) is 14.5. The molecule has 1 amide bonds. The summed E-state index contributed by atoms with van der Waals surface area (Å²) in [5.74, 6) is -4.80. The van der Waals surface area contributed by atoms with Crippen LogP contribution in [0.25, 0.3) is 0 Å². The van der Waals surface area contributed by atoms with E-state index in [9.17, 15) is 44.7 Å². The van der Waals surface area contributed by atoms with E-state index in [1.165, 1.54) is 32.1 Å². The van der Waals surface area contributed by atoms with Crippen LogP contribution in [0.4, 0.5) is 0 Å². The van der Waals surface area contributed by atoms with Crippen LogP contribution in [0.5, 0.6) is 0 Å². The van der Waals surface area contributed by atoms with Gasteiger partial charge in [0.1, 0.15) is 35.6 Å². The average Bonchev–Trinajstić information content (AvgIpc) is 3.48. The van der Waals surface area contributed by atoms with Crippen molar-refractivity contribution in [2.24, 2.45) is 16.7 Å². The number of aliphatic hydroxyl groups excluding tert-OH is 3. The number of hydrogen-bond acceptors (Lipinski definition) is 13. The van der Waals surface area contributed by atoms with Crippen LogP contribution in [0.3, 0.4) is 0 Å². The van der Waals surface area contributed by atoms with Crippen molar-refractivity contribution >= 4 is 35.0 Å². The van der Waals surface area contributed by atoms with Crippen LogP contribution >= 0.6 is 11.3 Å². The standard InChI is InChI=1S/C31H41NO12S.2Ac/c1-13-16(44-27(39)23(37)21(32-14(2)33)17-8-7-9-45-17)11-31(41)26(43-15(3)34)24-29(6,18(35)10-19-30(24,40)12-42-19)25(38)22(36)20(13)28(31,4)5;;/h7-9,16,18-19,21-24,26,35-37,40-41H,10-12H2,1-6H3,(H,32,33);;/t16-,18-,19+,21-,22+,23+,24-,26-,29+,30-,31+;;/m0../s1. The molecular weight excluding hydrogens is 1060 g/mol. The Kier molecular flexibility index (Phi) is 13.0. The number of amides is 1. The molecule has 6 N–H and O–H groups in total. The van der Waals surface area contributed by atoms with Crippen molar-refractivity contribution in [3.05, 3.63) is 33.5 Å². The maximum absolute atomic E-state index is 14.3. The molecule has 2 heterocycles. The van der Waals surface area contributed by atoms with Gasteiger partial charge in [0.05, 0.1) is 24.2 Å². The number of fused-ring (bicyclic) bond motifs is 5. The smallest absolute Gasteiger partial charge is 0.338 e. The molecule has 3 aliphatic carbocycles. The molecule has 1 aromatic rings. The zero-order valence-corrected chi connectivity index (χ0v) is 37.4. The Hall–Kier alpha value is 0.163. The zero-order chi connectivity index (χ0) is 33.4. The summed E-state index contributed by atoms with van der Waals surface area (Å²) in [4.78, 5) is 52.8. The average molecular weight is 1110 g/mol. The predicted octanol–water partition coefficient (Wildman–Crippen LogP) is 0.0678. The molecule has 2 bridgehead atoms. The number of carbonyl (C=O) groups is 4.